The highest BCUT2D eigenvalue weighted by Crippen LogP contribution is 2.04. The summed E-state index contributed by atoms with van der Waals surface area (Å²) in [5.41, 5.74) is 0. The average molecular weight is 136 g/mol. The van der Waals surface area contributed by atoms with E-state index >= 15 is 0 Å². The SMILES string of the molecule is Cc1ccc(CNC#N)o1. The molecule has 10 heavy (non-hydrogen) atoms. The highest BCUT2D eigenvalue weighted by atomic mass is 16.3. The van der Waals surface area contributed by atoms with Crippen molar-refractivity contribution in [1.82, 2.24) is 5.32 Å². The molecule has 1 aromatic rings. The number of nitrogens with zero attached hydrogens (tertiary/aromatic N) is 1. The Hall–Kier alpha value is -1.43. The van der Waals surface area contributed by atoms with E-state index in [2.05, 4.69) is 5.32 Å². The number of rotatable bonds is 2. The van der Waals surface area contributed by atoms with Gasteiger partial charge in [-0.1, -0.05) is 0 Å². The molecule has 0 saturated heterocycles. The van der Waals surface area contributed by atoms with Gasteiger partial charge in [-0.05, 0) is 19.1 Å². The number of hydrogen-bond donors (Lipinski definition) is 1. The van der Waals surface area contributed by atoms with Crippen molar-refractivity contribution in [2.75, 3.05) is 0 Å². The van der Waals surface area contributed by atoms with E-state index in [1.165, 1.54) is 0 Å². The minimum atomic E-state index is 0.477. The molecule has 0 aliphatic carbocycles. The average Bonchev–Trinajstić information content (AvgIpc) is 2.31. The molecule has 0 amide bonds. The summed E-state index contributed by atoms with van der Waals surface area (Å²) in [5, 5.41) is 10.6. The Morgan fingerprint density at radius 2 is 2.50 bits per heavy atom. The van der Waals surface area contributed by atoms with Crippen LogP contribution in [0.5, 0.6) is 0 Å². The first-order chi connectivity index (χ1) is 4.83. The van der Waals surface area contributed by atoms with Gasteiger partial charge in [0, 0.05) is 0 Å². The highest BCUT2D eigenvalue weighted by molar-refractivity contribution is 5.05. The van der Waals surface area contributed by atoms with Crippen LogP contribution in [0.1, 0.15) is 11.5 Å². The molecule has 3 nitrogen and oxygen atoms in total. The zero-order valence-corrected chi connectivity index (χ0v) is 5.72. The van der Waals surface area contributed by atoms with E-state index in [0.29, 0.717) is 6.54 Å². The van der Waals surface area contributed by atoms with E-state index in [9.17, 15) is 0 Å². The molecular weight excluding hydrogens is 128 g/mol. The quantitative estimate of drug-likeness (QED) is 0.490. The molecule has 0 aromatic carbocycles. The summed E-state index contributed by atoms with van der Waals surface area (Å²) in [6.45, 7) is 2.35. The second-order valence-electron chi connectivity index (χ2n) is 1.98. The van der Waals surface area contributed by atoms with Crippen molar-refractivity contribution in [1.29, 1.82) is 5.26 Å². The lowest BCUT2D eigenvalue weighted by Gasteiger charge is -1.89. The van der Waals surface area contributed by atoms with Crippen molar-refractivity contribution in [3.63, 3.8) is 0 Å². The topological polar surface area (TPSA) is 49.0 Å². The van der Waals surface area contributed by atoms with Gasteiger partial charge in [-0.2, -0.15) is 5.26 Å². The molecule has 52 valence electrons. The summed E-state index contributed by atoms with van der Waals surface area (Å²) in [5.74, 6) is 1.66. The minimum absolute atomic E-state index is 0.477. The molecule has 0 radical (unpaired) electrons. The number of furan rings is 1. The zero-order valence-electron chi connectivity index (χ0n) is 5.72. The Kier molecular flexibility index (Phi) is 1.96. The summed E-state index contributed by atoms with van der Waals surface area (Å²) in [6, 6.07) is 3.72. The Balaban J connectivity index is 2.52. The molecule has 0 fully saturated rings. The Labute approximate surface area is 59.3 Å². The molecule has 0 aliphatic rings. The van der Waals surface area contributed by atoms with Crippen molar-refractivity contribution in [2.45, 2.75) is 13.5 Å². The molecule has 0 saturated carbocycles. The third-order valence-electron chi connectivity index (χ3n) is 1.14. The lowest BCUT2D eigenvalue weighted by atomic mass is 10.4. The molecule has 1 rings (SSSR count). The van der Waals surface area contributed by atoms with Gasteiger partial charge in [0.25, 0.3) is 0 Å². The van der Waals surface area contributed by atoms with Crippen LogP contribution in [0, 0.1) is 18.4 Å². The van der Waals surface area contributed by atoms with Crippen molar-refractivity contribution in [3.05, 3.63) is 23.7 Å². The van der Waals surface area contributed by atoms with Crippen LogP contribution in [0.25, 0.3) is 0 Å². The molecular formula is C7H8N2O. The molecule has 1 heterocycles. The largest absolute Gasteiger partial charge is 0.464 e. The van der Waals surface area contributed by atoms with Gasteiger partial charge in [-0.15, -0.1) is 0 Å². The fraction of sp³-hybridized carbons (Fsp3) is 0.286. The molecule has 0 unspecified atom stereocenters. The van der Waals surface area contributed by atoms with E-state index < -0.39 is 0 Å². The Morgan fingerprint density at radius 1 is 1.70 bits per heavy atom. The monoisotopic (exact) mass is 136 g/mol. The van der Waals surface area contributed by atoms with E-state index in [1.807, 2.05) is 25.2 Å². The molecule has 0 aliphatic heterocycles. The number of aryl methyl sites for hydroxylation is 1. The first-order valence-electron chi connectivity index (χ1n) is 3.00. The normalized spacial score (nSPS) is 8.80. The van der Waals surface area contributed by atoms with Crippen LogP contribution in [0.3, 0.4) is 0 Å². The van der Waals surface area contributed by atoms with E-state index in [4.69, 9.17) is 9.68 Å². The molecule has 0 atom stereocenters. The van der Waals surface area contributed by atoms with Crippen molar-refractivity contribution >= 4 is 0 Å². The number of nitriles is 1. The van der Waals surface area contributed by atoms with E-state index in [1.54, 1.807) is 0 Å². The molecule has 1 N–H and O–H groups in total. The summed E-state index contributed by atoms with van der Waals surface area (Å²) in [4.78, 5) is 0. The van der Waals surface area contributed by atoms with E-state index in [-0.39, 0.29) is 0 Å². The van der Waals surface area contributed by atoms with Crippen molar-refractivity contribution in [2.24, 2.45) is 0 Å². The molecule has 0 bridgehead atoms. The van der Waals surface area contributed by atoms with Crippen LogP contribution in [-0.4, -0.2) is 0 Å². The van der Waals surface area contributed by atoms with Gasteiger partial charge < -0.3 is 9.73 Å². The van der Waals surface area contributed by atoms with Gasteiger partial charge in [0.05, 0.1) is 6.54 Å². The van der Waals surface area contributed by atoms with Crippen LogP contribution in [0.2, 0.25) is 0 Å². The van der Waals surface area contributed by atoms with Gasteiger partial charge in [0.2, 0.25) is 0 Å². The standard InChI is InChI=1S/C7H8N2O/c1-6-2-3-7(10-6)4-9-5-8/h2-3,9H,4H2,1H3. The minimum Gasteiger partial charge on any atom is -0.464 e. The molecule has 0 spiro atoms. The predicted octanol–water partition coefficient (Wildman–Crippen LogP) is 1.16. The van der Waals surface area contributed by atoms with Crippen molar-refractivity contribution in [3.8, 4) is 6.19 Å². The fourth-order valence-electron chi connectivity index (χ4n) is 0.707. The first kappa shape index (κ1) is 6.69. The summed E-state index contributed by atoms with van der Waals surface area (Å²) >= 11 is 0. The second kappa shape index (κ2) is 2.92. The van der Waals surface area contributed by atoms with Gasteiger partial charge in [0.15, 0.2) is 6.19 Å². The van der Waals surface area contributed by atoms with Gasteiger partial charge in [-0.3, -0.25) is 0 Å². The van der Waals surface area contributed by atoms with Crippen LogP contribution in [0.4, 0.5) is 0 Å². The van der Waals surface area contributed by atoms with E-state index in [0.717, 1.165) is 11.5 Å². The predicted molar refractivity (Wildman–Crippen MR) is 35.9 cm³/mol. The maximum Gasteiger partial charge on any atom is 0.176 e. The maximum atomic E-state index is 8.13. The summed E-state index contributed by atoms with van der Waals surface area (Å²) in [7, 11) is 0. The summed E-state index contributed by atoms with van der Waals surface area (Å²) in [6.07, 6.45) is 1.82. The maximum absolute atomic E-state index is 8.13. The fourth-order valence-corrected chi connectivity index (χ4v) is 0.707. The lowest BCUT2D eigenvalue weighted by Crippen LogP contribution is -2.02. The van der Waals surface area contributed by atoms with Crippen molar-refractivity contribution < 1.29 is 4.42 Å². The Bertz CT molecular complexity index is 246. The highest BCUT2D eigenvalue weighted by Gasteiger charge is 1.94. The molecule has 1 aromatic heterocycles. The van der Waals surface area contributed by atoms with Gasteiger partial charge in [0.1, 0.15) is 11.5 Å². The number of hydrogen-bond acceptors (Lipinski definition) is 3. The Morgan fingerprint density at radius 3 is 3.00 bits per heavy atom. The number of nitrogens with one attached hydrogen (secondary N) is 1. The van der Waals surface area contributed by atoms with Crippen LogP contribution in [-0.2, 0) is 6.54 Å². The van der Waals surface area contributed by atoms with Gasteiger partial charge in [-0.25, -0.2) is 0 Å². The third-order valence-corrected chi connectivity index (χ3v) is 1.14. The third kappa shape index (κ3) is 1.52. The summed E-state index contributed by atoms with van der Waals surface area (Å²) < 4.78 is 5.17. The van der Waals surface area contributed by atoms with Crippen LogP contribution in [0.15, 0.2) is 16.5 Å². The second-order valence-corrected chi connectivity index (χ2v) is 1.98. The van der Waals surface area contributed by atoms with Gasteiger partial charge >= 0.3 is 0 Å². The van der Waals surface area contributed by atoms with Crippen LogP contribution < -0.4 is 5.32 Å². The first-order valence-corrected chi connectivity index (χ1v) is 3.00. The zero-order chi connectivity index (χ0) is 7.40. The smallest absolute Gasteiger partial charge is 0.176 e. The lowest BCUT2D eigenvalue weighted by molar-refractivity contribution is 0.476. The molecule has 3 heteroatoms. The van der Waals surface area contributed by atoms with Crippen LogP contribution >= 0.6 is 0 Å².